The lowest BCUT2D eigenvalue weighted by molar-refractivity contribution is -0.127. The van der Waals surface area contributed by atoms with Gasteiger partial charge in [0.2, 0.25) is 5.91 Å². The van der Waals surface area contributed by atoms with Gasteiger partial charge in [-0.05, 0) is 38.3 Å². The number of likely N-dealkylation sites (tertiary alicyclic amines) is 2. The Morgan fingerprint density at radius 1 is 1.17 bits per heavy atom. The third-order valence-electron chi connectivity index (χ3n) is 6.22. The van der Waals surface area contributed by atoms with Crippen molar-refractivity contribution in [2.75, 3.05) is 46.3 Å². The quantitative estimate of drug-likeness (QED) is 0.519. The minimum Gasteiger partial charge on any atom is -0.356 e. The highest BCUT2D eigenvalue weighted by atomic mass is 16.2. The number of hydrogen-bond donors (Lipinski definition) is 2. The summed E-state index contributed by atoms with van der Waals surface area (Å²) in [5.41, 5.74) is 1.29. The molecule has 0 saturated carbocycles. The van der Waals surface area contributed by atoms with Crippen LogP contribution in [0, 0.1) is 5.92 Å². The van der Waals surface area contributed by atoms with Gasteiger partial charge in [0.1, 0.15) is 0 Å². The topological polar surface area (TPSA) is 60.0 Å². The first kappa shape index (κ1) is 21.6. The fourth-order valence-electron chi connectivity index (χ4n) is 4.38. The molecule has 1 amide bonds. The van der Waals surface area contributed by atoms with E-state index in [1.165, 1.54) is 31.4 Å². The molecular weight excluding hydrogens is 362 g/mol. The molecule has 0 aromatic heterocycles. The summed E-state index contributed by atoms with van der Waals surface area (Å²) in [7, 11) is 1.81. The second-order valence-electron chi connectivity index (χ2n) is 8.41. The lowest BCUT2D eigenvalue weighted by Crippen LogP contribution is -2.46. The van der Waals surface area contributed by atoms with Gasteiger partial charge in [-0.15, -0.1) is 0 Å². The number of benzene rings is 1. The Labute approximate surface area is 175 Å². The summed E-state index contributed by atoms with van der Waals surface area (Å²) in [5.74, 6) is 1.46. The molecular formula is C23H37N5O. The number of piperidine rings is 1. The number of aliphatic imine (C=N–C) groups is 1. The van der Waals surface area contributed by atoms with Crippen LogP contribution >= 0.6 is 0 Å². The van der Waals surface area contributed by atoms with Gasteiger partial charge in [-0.1, -0.05) is 36.8 Å². The fourth-order valence-corrected chi connectivity index (χ4v) is 4.38. The van der Waals surface area contributed by atoms with Crippen LogP contribution in [-0.4, -0.2) is 74.0 Å². The predicted molar refractivity (Wildman–Crippen MR) is 119 cm³/mol. The van der Waals surface area contributed by atoms with E-state index in [1.54, 1.807) is 0 Å². The maximum Gasteiger partial charge on any atom is 0.223 e. The van der Waals surface area contributed by atoms with E-state index in [2.05, 4.69) is 51.7 Å². The molecule has 2 atom stereocenters. The molecule has 2 aliphatic rings. The normalized spacial score (nSPS) is 23.4. The lowest BCUT2D eigenvalue weighted by atomic mass is 10.0. The van der Waals surface area contributed by atoms with E-state index in [0.29, 0.717) is 18.4 Å². The molecule has 0 bridgehead atoms. The summed E-state index contributed by atoms with van der Waals surface area (Å²) in [6, 6.07) is 11.1. The molecule has 1 aromatic rings. The Bertz CT molecular complexity index is 662. The molecule has 2 heterocycles. The number of nitrogens with one attached hydrogen (secondary N) is 2. The molecule has 160 valence electrons. The van der Waals surface area contributed by atoms with Crippen LogP contribution in [-0.2, 0) is 11.2 Å². The minimum atomic E-state index is 0.273. The number of rotatable bonds is 8. The van der Waals surface area contributed by atoms with Crippen molar-refractivity contribution >= 4 is 11.9 Å². The van der Waals surface area contributed by atoms with Gasteiger partial charge in [0.25, 0.3) is 0 Å². The van der Waals surface area contributed by atoms with Crippen LogP contribution in [0.1, 0.15) is 38.2 Å². The molecule has 3 rings (SSSR count). The van der Waals surface area contributed by atoms with E-state index in [1.807, 2.05) is 18.0 Å². The first-order valence-corrected chi connectivity index (χ1v) is 11.2. The van der Waals surface area contributed by atoms with Crippen LogP contribution in [0.4, 0.5) is 0 Å². The van der Waals surface area contributed by atoms with Crippen molar-refractivity contribution < 1.29 is 4.79 Å². The first-order valence-electron chi connectivity index (χ1n) is 11.2. The second kappa shape index (κ2) is 11.2. The van der Waals surface area contributed by atoms with Crippen LogP contribution < -0.4 is 10.6 Å². The molecule has 2 unspecified atom stereocenters. The van der Waals surface area contributed by atoms with Crippen LogP contribution in [0.5, 0.6) is 0 Å². The molecule has 2 aliphatic heterocycles. The Hall–Kier alpha value is -2.08. The maximum absolute atomic E-state index is 12.3. The van der Waals surface area contributed by atoms with Gasteiger partial charge in [0, 0.05) is 58.2 Å². The summed E-state index contributed by atoms with van der Waals surface area (Å²) in [5, 5.41) is 6.85. The average Bonchev–Trinajstić information content (AvgIpc) is 3.10. The number of carbonyl (C=O) groups is 1. The Balaban J connectivity index is 1.34. The number of carbonyl (C=O) groups excluding carboxylic acids is 1. The molecule has 2 N–H and O–H groups in total. The molecule has 0 spiro atoms. The Morgan fingerprint density at radius 3 is 2.76 bits per heavy atom. The molecule has 1 aromatic carbocycles. The minimum absolute atomic E-state index is 0.273. The Morgan fingerprint density at radius 2 is 2.00 bits per heavy atom. The SMILES string of the molecule is CN=C(NCCN1CCCCC1C)NCC1CC(=O)N(CCc2ccccc2)C1. The van der Waals surface area contributed by atoms with Crippen LogP contribution in [0.15, 0.2) is 35.3 Å². The zero-order valence-electron chi connectivity index (χ0n) is 18.1. The number of hydrogen-bond acceptors (Lipinski definition) is 3. The second-order valence-corrected chi connectivity index (χ2v) is 8.41. The van der Waals surface area contributed by atoms with E-state index in [4.69, 9.17) is 0 Å². The van der Waals surface area contributed by atoms with Gasteiger partial charge in [-0.25, -0.2) is 0 Å². The lowest BCUT2D eigenvalue weighted by Gasteiger charge is -2.33. The van der Waals surface area contributed by atoms with Gasteiger partial charge in [-0.3, -0.25) is 14.7 Å². The van der Waals surface area contributed by atoms with Crippen LogP contribution in [0.3, 0.4) is 0 Å². The monoisotopic (exact) mass is 399 g/mol. The van der Waals surface area contributed by atoms with Crippen molar-refractivity contribution in [3.05, 3.63) is 35.9 Å². The van der Waals surface area contributed by atoms with Crippen molar-refractivity contribution in [3.8, 4) is 0 Å². The third kappa shape index (κ3) is 6.74. The van der Waals surface area contributed by atoms with Crippen molar-refractivity contribution in [1.29, 1.82) is 0 Å². The standard InChI is InChI=1S/C23H37N5O/c1-19-8-6-7-13-27(19)15-12-25-23(24-2)26-17-21-16-22(29)28(18-21)14-11-20-9-4-3-5-10-20/h3-5,9-10,19,21H,6-8,11-18H2,1-2H3,(H2,24,25,26). The summed E-state index contributed by atoms with van der Waals surface area (Å²) in [6.07, 6.45) is 5.53. The van der Waals surface area contributed by atoms with Crippen molar-refractivity contribution in [2.24, 2.45) is 10.9 Å². The molecule has 6 nitrogen and oxygen atoms in total. The number of guanidine groups is 1. The summed E-state index contributed by atoms with van der Waals surface area (Å²) >= 11 is 0. The molecule has 6 heteroatoms. The summed E-state index contributed by atoms with van der Waals surface area (Å²) < 4.78 is 0. The summed E-state index contributed by atoms with van der Waals surface area (Å²) in [4.78, 5) is 21.3. The van der Waals surface area contributed by atoms with Crippen molar-refractivity contribution in [1.82, 2.24) is 20.4 Å². The number of amides is 1. The maximum atomic E-state index is 12.3. The van der Waals surface area contributed by atoms with Crippen LogP contribution in [0.25, 0.3) is 0 Å². The molecule has 0 radical (unpaired) electrons. The zero-order chi connectivity index (χ0) is 20.5. The highest BCUT2D eigenvalue weighted by Gasteiger charge is 2.29. The van der Waals surface area contributed by atoms with Crippen molar-refractivity contribution in [3.63, 3.8) is 0 Å². The average molecular weight is 400 g/mol. The smallest absolute Gasteiger partial charge is 0.223 e. The zero-order valence-corrected chi connectivity index (χ0v) is 18.1. The molecule has 2 saturated heterocycles. The predicted octanol–water partition coefficient (Wildman–Crippen LogP) is 2.12. The van der Waals surface area contributed by atoms with E-state index < -0.39 is 0 Å². The Kier molecular flexibility index (Phi) is 8.35. The van der Waals surface area contributed by atoms with Gasteiger partial charge in [0.05, 0.1) is 0 Å². The van der Waals surface area contributed by atoms with E-state index >= 15 is 0 Å². The highest BCUT2D eigenvalue weighted by molar-refractivity contribution is 5.80. The van der Waals surface area contributed by atoms with Crippen molar-refractivity contribution in [2.45, 2.75) is 45.1 Å². The van der Waals surface area contributed by atoms with Gasteiger partial charge < -0.3 is 15.5 Å². The van der Waals surface area contributed by atoms with Gasteiger partial charge >= 0.3 is 0 Å². The highest BCUT2D eigenvalue weighted by Crippen LogP contribution is 2.18. The fraction of sp³-hybridized carbons (Fsp3) is 0.652. The van der Waals surface area contributed by atoms with E-state index in [9.17, 15) is 4.79 Å². The molecule has 2 fully saturated rings. The van der Waals surface area contributed by atoms with E-state index in [0.717, 1.165) is 45.1 Å². The third-order valence-corrected chi connectivity index (χ3v) is 6.22. The van der Waals surface area contributed by atoms with Gasteiger partial charge in [0.15, 0.2) is 5.96 Å². The van der Waals surface area contributed by atoms with Crippen LogP contribution in [0.2, 0.25) is 0 Å². The molecule has 0 aliphatic carbocycles. The summed E-state index contributed by atoms with van der Waals surface area (Å²) in [6.45, 7) is 7.91. The largest absolute Gasteiger partial charge is 0.356 e. The van der Waals surface area contributed by atoms with Gasteiger partial charge in [-0.2, -0.15) is 0 Å². The van der Waals surface area contributed by atoms with E-state index in [-0.39, 0.29) is 5.91 Å². The number of nitrogens with zero attached hydrogens (tertiary/aromatic N) is 3. The molecule has 29 heavy (non-hydrogen) atoms. The first-order chi connectivity index (χ1) is 14.2.